The van der Waals surface area contributed by atoms with Crippen molar-refractivity contribution in [3.8, 4) is 0 Å². The monoisotopic (exact) mass is 759 g/mol. The van der Waals surface area contributed by atoms with E-state index in [1.165, 1.54) is 0 Å². The van der Waals surface area contributed by atoms with E-state index in [0.29, 0.717) is 6.42 Å². The minimum Gasteiger partial charge on any atom is -0.480 e. The van der Waals surface area contributed by atoms with Crippen molar-refractivity contribution in [1.82, 2.24) is 10.6 Å². The summed E-state index contributed by atoms with van der Waals surface area (Å²) in [4.78, 5) is 33.5. The van der Waals surface area contributed by atoms with Crippen LogP contribution in [0, 0.1) is 5.92 Å². The van der Waals surface area contributed by atoms with Gasteiger partial charge in [0.1, 0.15) is 73.2 Å². The number of carbonyl (C=O) groups is 3. The van der Waals surface area contributed by atoms with Crippen LogP contribution in [0.4, 0.5) is 4.79 Å². The van der Waals surface area contributed by atoms with Crippen molar-refractivity contribution in [2.45, 2.75) is 137 Å². The van der Waals surface area contributed by atoms with Crippen molar-refractivity contribution in [3.63, 3.8) is 0 Å². The summed E-state index contributed by atoms with van der Waals surface area (Å²) in [5.74, 6) is -2.01. The van der Waals surface area contributed by atoms with Gasteiger partial charge in [-0.2, -0.15) is 0 Å². The van der Waals surface area contributed by atoms with Crippen molar-refractivity contribution < 1.29 is 79.3 Å². The largest absolute Gasteiger partial charge is 0.480 e. The standard InChI is InChI=1S/C22H43N5O13.C7H14N2O3/c23-2-1-8(29)20(36)27-7-3-6(25)18(39-22-16(34)15(33)13(31)9(4-24)37-22)17(35)19(7)40-21-14(32)11(26)12(30)10(5-28)38-21;1-3-4(2)5(6(10)11)9-7(8)12/h6-19,21-22,28-35H,1-5,23-26H2,(H,27,36);4-5H,3H2,1-2H3,(H,10,11)(H3,8,9,12)/t6-,7+,8?,9+,10+,11-,12+,13+,14+,15-,16+,17-,18?,19-,21+,22+;/m0./s1. The lowest BCUT2D eigenvalue weighted by Crippen LogP contribution is -2.69. The van der Waals surface area contributed by atoms with Gasteiger partial charge in [0.25, 0.3) is 0 Å². The van der Waals surface area contributed by atoms with Gasteiger partial charge < -0.3 is 104 Å². The molecule has 0 bridgehead atoms. The minimum absolute atomic E-state index is 0.0101. The molecule has 0 radical (unpaired) electrons. The van der Waals surface area contributed by atoms with Crippen LogP contribution in [0.5, 0.6) is 0 Å². The third-order valence-electron chi connectivity index (χ3n) is 9.29. The molecule has 3 rings (SSSR count). The van der Waals surface area contributed by atoms with Crippen LogP contribution in [-0.4, -0.2) is 187 Å². The van der Waals surface area contributed by atoms with Crippen molar-refractivity contribution in [2.24, 2.45) is 34.6 Å². The highest BCUT2D eigenvalue weighted by atomic mass is 16.7. The maximum absolute atomic E-state index is 12.6. The highest BCUT2D eigenvalue weighted by Crippen LogP contribution is 2.32. The zero-order valence-corrected chi connectivity index (χ0v) is 28.9. The van der Waals surface area contributed by atoms with Crippen LogP contribution in [-0.2, 0) is 28.5 Å². The molecule has 0 aromatic carbocycles. The number of urea groups is 1. The lowest BCUT2D eigenvalue weighted by Gasteiger charge is -2.49. The number of aliphatic hydroxyl groups excluding tert-OH is 8. The highest BCUT2D eigenvalue weighted by molar-refractivity contribution is 5.82. The van der Waals surface area contributed by atoms with Crippen molar-refractivity contribution >= 4 is 17.9 Å². The average molecular weight is 760 g/mol. The molecule has 2 aliphatic heterocycles. The predicted octanol–water partition coefficient (Wildman–Crippen LogP) is -8.27. The first kappa shape index (κ1) is 45.7. The average Bonchev–Trinajstić information content (AvgIpc) is 3.10. The smallest absolute Gasteiger partial charge is 0.326 e. The lowest BCUT2D eigenvalue weighted by molar-refractivity contribution is -0.332. The third-order valence-corrected chi connectivity index (χ3v) is 9.29. The molecular formula is C29H57N7O16. The maximum Gasteiger partial charge on any atom is 0.326 e. The number of amides is 3. The summed E-state index contributed by atoms with van der Waals surface area (Å²) in [5, 5.41) is 95.7. The van der Waals surface area contributed by atoms with Gasteiger partial charge >= 0.3 is 12.0 Å². The molecule has 304 valence electrons. The predicted molar refractivity (Wildman–Crippen MR) is 175 cm³/mol. The second-order valence-corrected chi connectivity index (χ2v) is 13.0. The van der Waals surface area contributed by atoms with Crippen LogP contribution < -0.4 is 39.3 Å². The number of aliphatic carboxylic acids is 1. The van der Waals surface area contributed by atoms with Gasteiger partial charge in [-0.05, 0) is 25.3 Å². The number of rotatable bonds is 14. The van der Waals surface area contributed by atoms with Crippen LogP contribution in [0.25, 0.3) is 0 Å². The molecule has 3 fully saturated rings. The molecule has 23 heteroatoms. The second kappa shape index (κ2) is 20.9. The van der Waals surface area contributed by atoms with E-state index in [-0.39, 0.29) is 31.8 Å². The number of hydrogen-bond donors (Lipinski definition) is 16. The van der Waals surface area contributed by atoms with E-state index in [9.17, 15) is 55.2 Å². The molecule has 4 unspecified atom stereocenters. The molecule has 0 aromatic rings. The maximum atomic E-state index is 12.6. The van der Waals surface area contributed by atoms with Gasteiger partial charge in [0.05, 0.1) is 18.7 Å². The van der Waals surface area contributed by atoms with Gasteiger partial charge in [0.15, 0.2) is 12.6 Å². The zero-order chi connectivity index (χ0) is 39.6. The molecule has 0 aromatic heterocycles. The summed E-state index contributed by atoms with van der Waals surface area (Å²) >= 11 is 0. The Bertz CT molecular complexity index is 1130. The number of carbonyl (C=O) groups excluding carboxylic acids is 2. The second-order valence-electron chi connectivity index (χ2n) is 13.0. The SMILES string of the molecule is CCC(C)C(NC(N)=O)C(=O)O.NCCC(O)C(=O)N[C@@H]1C[C@H](N)C(O[C@H]2O[C@H](CN)[C@@H](O)[C@H](O)[C@H]2O)[C@H](O)[C@H]1O[C@H]1O[C@H](CO)[C@@H](O)[C@H](N)[C@H]1O. The van der Waals surface area contributed by atoms with E-state index in [2.05, 4.69) is 10.6 Å². The van der Waals surface area contributed by atoms with Gasteiger partial charge in [0, 0.05) is 12.6 Å². The molecule has 3 aliphatic rings. The first-order valence-electron chi connectivity index (χ1n) is 16.8. The van der Waals surface area contributed by atoms with Crippen molar-refractivity contribution in [1.29, 1.82) is 0 Å². The summed E-state index contributed by atoms with van der Waals surface area (Å²) in [5.41, 5.74) is 27.9. The number of carboxylic acid groups (broad SMARTS) is 1. The number of ether oxygens (including phenoxy) is 4. The Labute approximate surface area is 299 Å². The van der Waals surface area contributed by atoms with Crippen molar-refractivity contribution in [2.75, 3.05) is 19.7 Å². The summed E-state index contributed by atoms with van der Waals surface area (Å²) < 4.78 is 22.5. The molecule has 1 saturated carbocycles. The molecule has 21 N–H and O–H groups in total. The Balaban J connectivity index is 0.000000667. The molecule has 1 aliphatic carbocycles. The molecule has 18 atom stereocenters. The molecule has 2 heterocycles. The first-order chi connectivity index (χ1) is 24.3. The quantitative estimate of drug-likeness (QED) is 0.0781. The summed E-state index contributed by atoms with van der Waals surface area (Å²) in [6.07, 6.45) is -19.1. The fourth-order valence-electron chi connectivity index (χ4n) is 5.90. The fourth-order valence-corrected chi connectivity index (χ4v) is 5.90. The summed E-state index contributed by atoms with van der Waals surface area (Å²) in [7, 11) is 0. The fraction of sp³-hybridized carbons (Fsp3) is 0.897. The van der Waals surface area contributed by atoms with Gasteiger partial charge in [-0.15, -0.1) is 0 Å². The Morgan fingerprint density at radius 2 is 1.44 bits per heavy atom. The van der Waals surface area contributed by atoms with E-state index in [1.54, 1.807) is 6.92 Å². The Hall–Kier alpha value is -2.43. The summed E-state index contributed by atoms with van der Waals surface area (Å²) in [6.45, 7) is 2.70. The van der Waals surface area contributed by atoms with E-state index < -0.39 is 128 Å². The number of hydrogen-bond acceptors (Lipinski definition) is 19. The first-order valence-corrected chi connectivity index (χ1v) is 16.8. The molecular weight excluding hydrogens is 702 g/mol. The van der Waals surface area contributed by atoms with Crippen LogP contribution in [0.2, 0.25) is 0 Å². The van der Waals surface area contributed by atoms with Crippen LogP contribution in [0.3, 0.4) is 0 Å². The Morgan fingerprint density at radius 3 is 1.96 bits per heavy atom. The number of nitrogens with two attached hydrogens (primary N) is 5. The van der Waals surface area contributed by atoms with Gasteiger partial charge in [0.2, 0.25) is 5.91 Å². The van der Waals surface area contributed by atoms with Gasteiger partial charge in [-0.3, -0.25) is 4.79 Å². The number of primary amides is 1. The third kappa shape index (κ3) is 11.5. The normalized spacial score (nSPS) is 39.6. The number of nitrogens with one attached hydrogen (secondary N) is 2. The molecule has 3 amide bonds. The Morgan fingerprint density at radius 1 is 0.865 bits per heavy atom. The van der Waals surface area contributed by atoms with Crippen LogP contribution in [0.15, 0.2) is 0 Å². The highest BCUT2D eigenvalue weighted by Gasteiger charge is 2.52. The van der Waals surface area contributed by atoms with Crippen molar-refractivity contribution in [3.05, 3.63) is 0 Å². The topological polar surface area (TPSA) is 424 Å². The summed E-state index contributed by atoms with van der Waals surface area (Å²) in [6, 6.07) is -5.14. The number of aliphatic hydroxyl groups is 8. The molecule has 0 spiro atoms. The zero-order valence-electron chi connectivity index (χ0n) is 28.9. The Kier molecular flexibility index (Phi) is 18.4. The lowest BCUT2D eigenvalue weighted by atomic mass is 9.83. The van der Waals surface area contributed by atoms with Gasteiger partial charge in [-0.1, -0.05) is 20.3 Å². The van der Waals surface area contributed by atoms with Crippen LogP contribution in [0.1, 0.15) is 33.1 Å². The van der Waals surface area contributed by atoms with E-state index in [1.807, 2.05) is 6.92 Å². The van der Waals surface area contributed by atoms with Crippen LogP contribution >= 0.6 is 0 Å². The van der Waals surface area contributed by atoms with E-state index in [4.69, 9.17) is 52.7 Å². The van der Waals surface area contributed by atoms with E-state index in [0.717, 1.165) is 0 Å². The van der Waals surface area contributed by atoms with E-state index >= 15 is 0 Å². The molecule has 23 nitrogen and oxygen atoms in total. The molecule has 2 saturated heterocycles. The minimum atomic E-state index is -1.76. The molecule has 52 heavy (non-hydrogen) atoms. The number of carboxylic acids is 1. The van der Waals surface area contributed by atoms with Gasteiger partial charge in [-0.25, -0.2) is 9.59 Å².